The van der Waals surface area contributed by atoms with Gasteiger partial charge < -0.3 is 15.7 Å². The maximum atomic E-state index is 12.3. The van der Waals surface area contributed by atoms with Crippen LogP contribution in [0.2, 0.25) is 0 Å². The average Bonchev–Trinajstić information content (AvgIpc) is 2.67. The molecule has 0 spiro atoms. The van der Waals surface area contributed by atoms with Gasteiger partial charge in [0.1, 0.15) is 0 Å². The van der Waals surface area contributed by atoms with E-state index in [0.717, 1.165) is 31.7 Å². The molecule has 0 bridgehead atoms. The van der Waals surface area contributed by atoms with Crippen molar-refractivity contribution in [3.8, 4) is 0 Å². The van der Waals surface area contributed by atoms with Crippen LogP contribution in [0.5, 0.6) is 0 Å². The number of benzene rings is 1. The first-order valence-corrected chi connectivity index (χ1v) is 10.8. The minimum atomic E-state index is -3.85. The van der Waals surface area contributed by atoms with Crippen molar-refractivity contribution < 1.29 is 18.4 Å². The van der Waals surface area contributed by atoms with E-state index in [-0.39, 0.29) is 59.8 Å². The topological polar surface area (TPSA) is 146 Å². The fourth-order valence-electron chi connectivity index (χ4n) is 2.93. The number of sulfonamides is 1. The minimum Gasteiger partial charge on any atom is -0.393 e. The third kappa shape index (κ3) is 8.40. The lowest BCUT2D eigenvalue weighted by Gasteiger charge is -2.27. The summed E-state index contributed by atoms with van der Waals surface area (Å²) in [6, 6.07) is 5.13. The SMILES string of the molecule is CCNC(=NCCNS(=O)(=O)c1cccc([N+](=O)[O-])c1)NC1CCC(O)CC1.I. The Balaban J connectivity index is 0.00000420. The molecule has 10 nitrogen and oxygen atoms in total. The van der Waals surface area contributed by atoms with Crippen LogP contribution in [-0.4, -0.2) is 56.2 Å². The quantitative estimate of drug-likeness (QED) is 0.0971. The van der Waals surface area contributed by atoms with Gasteiger partial charge in [0.2, 0.25) is 10.0 Å². The first-order chi connectivity index (χ1) is 13.3. The molecule has 2 rings (SSSR count). The second-order valence-electron chi connectivity index (χ2n) is 6.56. The van der Waals surface area contributed by atoms with Crippen molar-refractivity contribution in [3.05, 3.63) is 34.4 Å². The number of nitrogens with zero attached hydrogens (tertiary/aromatic N) is 2. The Kier molecular flexibility index (Phi) is 10.8. The van der Waals surface area contributed by atoms with Gasteiger partial charge in [0.25, 0.3) is 5.69 Å². The number of aliphatic hydroxyl groups excluding tert-OH is 1. The number of aliphatic hydroxyl groups is 1. The zero-order chi connectivity index (χ0) is 20.6. The Hall–Kier alpha value is -1.51. The number of non-ortho nitro benzene ring substituents is 1. The summed E-state index contributed by atoms with van der Waals surface area (Å²) in [6.07, 6.45) is 2.97. The molecule has 29 heavy (non-hydrogen) atoms. The van der Waals surface area contributed by atoms with Gasteiger partial charge in [0.15, 0.2) is 5.96 Å². The van der Waals surface area contributed by atoms with E-state index in [4.69, 9.17) is 0 Å². The highest BCUT2D eigenvalue weighted by atomic mass is 127. The van der Waals surface area contributed by atoms with E-state index >= 15 is 0 Å². The van der Waals surface area contributed by atoms with E-state index in [1.165, 1.54) is 18.2 Å². The molecule has 164 valence electrons. The van der Waals surface area contributed by atoms with Gasteiger partial charge in [-0.25, -0.2) is 13.1 Å². The van der Waals surface area contributed by atoms with Crippen molar-refractivity contribution in [2.45, 2.75) is 49.6 Å². The Bertz CT molecular complexity index is 797. The number of aliphatic imine (C=N–C) groups is 1. The van der Waals surface area contributed by atoms with Gasteiger partial charge in [-0.05, 0) is 38.7 Å². The van der Waals surface area contributed by atoms with Gasteiger partial charge in [-0.2, -0.15) is 0 Å². The van der Waals surface area contributed by atoms with Crippen LogP contribution in [0.25, 0.3) is 0 Å². The minimum absolute atomic E-state index is 0. The number of guanidine groups is 1. The summed E-state index contributed by atoms with van der Waals surface area (Å²) in [5.74, 6) is 0.596. The molecule has 1 fully saturated rings. The van der Waals surface area contributed by atoms with Gasteiger partial charge in [0, 0.05) is 31.3 Å². The predicted molar refractivity (Wildman–Crippen MR) is 121 cm³/mol. The van der Waals surface area contributed by atoms with Crippen molar-refractivity contribution in [2.24, 2.45) is 4.99 Å². The van der Waals surface area contributed by atoms with Crippen molar-refractivity contribution in [1.29, 1.82) is 0 Å². The molecule has 0 saturated heterocycles. The van der Waals surface area contributed by atoms with E-state index in [1.807, 2.05) is 6.92 Å². The number of halogens is 1. The van der Waals surface area contributed by atoms with Crippen molar-refractivity contribution in [1.82, 2.24) is 15.4 Å². The van der Waals surface area contributed by atoms with Crippen LogP contribution < -0.4 is 15.4 Å². The molecule has 0 radical (unpaired) electrons. The Morgan fingerprint density at radius 2 is 2.00 bits per heavy atom. The van der Waals surface area contributed by atoms with E-state index in [9.17, 15) is 23.6 Å². The van der Waals surface area contributed by atoms with Crippen molar-refractivity contribution in [3.63, 3.8) is 0 Å². The molecular formula is C17H28IN5O5S. The molecule has 1 aromatic rings. The number of hydrogen-bond acceptors (Lipinski definition) is 6. The van der Waals surface area contributed by atoms with Crippen LogP contribution in [0.3, 0.4) is 0 Å². The highest BCUT2D eigenvalue weighted by Gasteiger charge is 2.20. The summed E-state index contributed by atoms with van der Waals surface area (Å²) in [5.41, 5.74) is -0.280. The van der Waals surface area contributed by atoms with Crippen molar-refractivity contribution in [2.75, 3.05) is 19.6 Å². The third-order valence-corrected chi connectivity index (χ3v) is 5.85. The number of rotatable bonds is 8. The van der Waals surface area contributed by atoms with Gasteiger partial charge in [-0.1, -0.05) is 6.07 Å². The molecule has 12 heteroatoms. The van der Waals surface area contributed by atoms with Gasteiger partial charge in [-0.15, -0.1) is 24.0 Å². The summed E-state index contributed by atoms with van der Waals surface area (Å²) >= 11 is 0. The molecule has 1 saturated carbocycles. The Labute approximate surface area is 187 Å². The number of nitrogens with one attached hydrogen (secondary N) is 3. The predicted octanol–water partition coefficient (Wildman–Crippen LogP) is 1.35. The standard InChI is InChI=1S/C17H27N5O5S.HI/c1-2-18-17(21-13-6-8-15(23)9-7-13)19-10-11-20-28(26,27)16-5-3-4-14(12-16)22(24)25;/h3-5,12-13,15,20,23H,2,6-11H2,1H3,(H2,18,19,21);1H. The van der Waals surface area contributed by atoms with E-state index in [0.29, 0.717) is 12.5 Å². The lowest BCUT2D eigenvalue weighted by atomic mass is 9.93. The molecule has 0 aliphatic heterocycles. The molecule has 0 atom stereocenters. The monoisotopic (exact) mass is 541 g/mol. The smallest absolute Gasteiger partial charge is 0.270 e. The molecule has 4 N–H and O–H groups in total. The van der Waals surface area contributed by atoms with Crippen LogP contribution >= 0.6 is 24.0 Å². The molecule has 1 aliphatic carbocycles. The summed E-state index contributed by atoms with van der Waals surface area (Å²) < 4.78 is 27.0. The van der Waals surface area contributed by atoms with Gasteiger partial charge in [0.05, 0.1) is 22.5 Å². The van der Waals surface area contributed by atoms with Crippen LogP contribution in [0.15, 0.2) is 34.2 Å². The number of nitro benzene ring substituents is 1. The summed E-state index contributed by atoms with van der Waals surface area (Å²) in [7, 11) is -3.85. The van der Waals surface area contributed by atoms with Crippen LogP contribution in [-0.2, 0) is 10.0 Å². The number of hydrogen-bond donors (Lipinski definition) is 4. The van der Waals surface area contributed by atoms with Gasteiger partial charge in [-0.3, -0.25) is 15.1 Å². The van der Waals surface area contributed by atoms with E-state index in [1.54, 1.807) is 0 Å². The maximum Gasteiger partial charge on any atom is 0.270 e. The highest BCUT2D eigenvalue weighted by molar-refractivity contribution is 14.0. The zero-order valence-electron chi connectivity index (χ0n) is 16.2. The Morgan fingerprint density at radius 3 is 2.62 bits per heavy atom. The average molecular weight is 541 g/mol. The molecular weight excluding hydrogens is 513 g/mol. The van der Waals surface area contributed by atoms with Gasteiger partial charge >= 0.3 is 0 Å². The number of nitro groups is 1. The van der Waals surface area contributed by atoms with Crippen LogP contribution in [0.1, 0.15) is 32.6 Å². The molecule has 0 aromatic heterocycles. The Morgan fingerprint density at radius 1 is 1.31 bits per heavy atom. The fraction of sp³-hybridized carbons (Fsp3) is 0.588. The third-order valence-electron chi connectivity index (χ3n) is 4.39. The zero-order valence-corrected chi connectivity index (χ0v) is 19.4. The maximum absolute atomic E-state index is 12.3. The summed E-state index contributed by atoms with van der Waals surface area (Å²) in [4.78, 5) is 14.4. The molecule has 1 aliphatic rings. The lowest BCUT2D eigenvalue weighted by molar-refractivity contribution is -0.385. The first-order valence-electron chi connectivity index (χ1n) is 9.29. The summed E-state index contributed by atoms with van der Waals surface area (Å²) in [5, 5.41) is 26.8. The molecule has 0 amide bonds. The first kappa shape index (κ1) is 25.5. The van der Waals surface area contributed by atoms with Crippen LogP contribution in [0.4, 0.5) is 5.69 Å². The molecule has 0 unspecified atom stereocenters. The van der Waals surface area contributed by atoms with Crippen LogP contribution in [0, 0.1) is 10.1 Å². The molecule has 0 heterocycles. The second kappa shape index (κ2) is 12.2. The largest absolute Gasteiger partial charge is 0.393 e. The van der Waals surface area contributed by atoms with E-state index < -0.39 is 14.9 Å². The normalized spacial score (nSPS) is 19.9. The molecule has 1 aromatic carbocycles. The van der Waals surface area contributed by atoms with Crippen molar-refractivity contribution >= 4 is 45.6 Å². The fourth-order valence-corrected chi connectivity index (χ4v) is 3.99. The lowest BCUT2D eigenvalue weighted by Crippen LogP contribution is -2.45. The second-order valence-corrected chi connectivity index (χ2v) is 8.33. The highest BCUT2D eigenvalue weighted by Crippen LogP contribution is 2.18. The van der Waals surface area contributed by atoms with E-state index in [2.05, 4.69) is 20.3 Å². The summed E-state index contributed by atoms with van der Waals surface area (Å²) in [6.45, 7) is 2.87.